The summed E-state index contributed by atoms with van der Waals surface area (Å²) in [5.74, 6) is 0.603. The monoisotopic (exact) mass is 395 g/mol. The molecule has 3 aliphatic rings. The molecule has 0 radical (unpaired) electrons. The first kappa shape index (κ1) is 23.0. The summed E-state index contributed by atoms with van der Waals surface area (Å²) in [5, 5.41) is 6.56. The first-order chi connectivity index (χ1) is 11.1. The number of unbranched alkanes of at least 4 members (excludes halogenated alkanes) is 1. The molecule has 3 unspecified atom stereocenters. The van der Waals surface area contributed by atoms with Crippen molar-refractivity contribution in [2.45, 2.75) is 58.2 Å². The maximum absolute atomic E-state index is 12.3. The largest absolute Gasteiger partial charge is 0.373 e. The highest BCUT2D eigenvalue weighted by Crippen LogP contribution is 2.58. The molecule has 1 saturated carbocycles. The van der Waals surface area contributed by atoms with Gasteiger partial charge in [0.25, 0.3) is 0 Å². The molecule has 2 saturated heterocycles. The molecule has 0 aromatic heterocycles. The summed E-state index contributed by atoms with van der Waals surface area (Å²) in [7, 11) is 0. The van der Waals surface area contributed by atoms with Crippen LogP contribution in [0.3, 0.4) is 0 Å². The highest BCUT2D eigenvalue weighted by atomic mass is 35.5. The molecule has 2 N–H and O–H groups in total. The lowest BCUT2D eigenvalue weighted by atomic mass is 9.92. The number of ether oxygens (including phenoxy) is 1. The Morgan fingerprint density at radius 3 is 2.44 bits per heavy atom. The molecule has 0 aromatic carbocycles. The second kappa shape index (κ2) is 10.3. The summed E-state index contributed by atoms with van der Waals surface area (Å²) in [5.41, 5.74) is 0.357. The Bertz CT molecular complexity index is 409. The Hall–Kier alpha value is -0.0700. The van der Waals surface area contributed by atoms with Crippen LogP contribution in [0.25, 0.3) is 0 Å². The van der Waals surface area contributed by atoms with E-state index in [-0.39, 0.29) is 24.8 Å². The fourth-order valence-electron chi connectivity index (χ4n) is 4.46. The van der Waals surface area contributed by atoms with Gasteiger partial charge in [-0.05, 0) is 71.0 Å². The van der Waals surface area contributed by atoms with E-state index in [1.807, 2.05) is 0 Å². The van der Waals surface area contributed by atoms with E-state index in [0.717, 1.165) is 58.5 Å². The predicted octanol–water partition coefficient (Wildman–Crippen LogP) is 2.23. The second-order valence-corrected chi connectivity index (χ2v) is 7.88. The van der Waals surface area contributed by atoms with Crippen molar-refractivity contribution >= 4 is 30.7 Å². The van der Waals surface area contributed by atoms with Crippen molar-refractivity contribution < 1.29 is 9.53 Å². The molecule has 25 heavy (non-hydrogen) atoms. The molecule has 0 bridgehead atoms. The van der Waals surface area contributed by atoms with Crippen LogP contribution in [0.1, 0.15) is 46.0 Å². The Balaban J connectivity index is 0.00000156. The van der Waals surface area contributed by atoms with Gasteiger partial charge >= 0.3 is 0 Å². The topological polar surface area (TPSA) is 53.6 Å². The van der Waals surface area contributed by atoms with Gasteiger partial charge in [-0.3, -0.25) is 9.69 Å². The fourth-order valence-corrected chi connectivity index (χ4v) is 4.46. The quantitative estimate of drug-likeness (QED) is 0.676. The summed E-state index contributed by atoms with van der Waals surface area (Å²) in [4.78, 5) is 14.8. The van der Waals surface area contributed by atoms with Crippen molar-refractivity contribution in [3.63, 3.8) is 0 Å². The van der Waals surface area contributed by atoms with Crippen LogP contribution in [-0.2, 0) is 9.53 Å². The molecule has 3 atom stereocenters. The van der Waals surface area contributed by atoms with Crippen molar-refractivity contribution in [1.82, 2.24) is 15.5 Å². The van der Waals surface area contributed by atoms with Gasteiger partial charge in [0.05, 0.1) is 12.2 Å². The second-order valence-electron chi connectivity index (χ2n) is 7.88. The molecule has 2 aliphatic heterocycles. The number of piperidine rings is 1. The van der Waals surface area contributed by atoms with Gasteiger partial charge < -0.3 is 15.4 Å². The third kappa shape index (κ3) is 6.24. The number of hydrogen-bond donors (Lipinski definition) is 2. The van der Waals surface area contributed by atoms with E-state index in [9.17, 15) is 4.79 Å². The van der Waals surface area contributed by atoms with Crippen molar-refractivity contribution in [3.05, 3.63) is 0 Å². The number of rotatable bonds is 6. The minimum Gasteiger partial charge on any atom is -0.373 e. The van der Waals surface area contributed by atoms with Crippen molar-refractivity contribution in [2.75, 3.05) is 39.3 Å². The van der Waals surface area contributed by atoms with Crippen LogP contribution < -0.4 is 10.6 Å². The smallest absolute Gasteiger partial charge is 0.223 e. The van der Waals surface area contributed by atoms with Crippen molar-refractivity contribution in [2.24, 2.45) is 11.3 Å². The van der Waals surface area contributed by atoms with E-state index in [2.05, 4.69) is 29.4 Å². The Morgan fingerprint density at radius 2 is 1.80 bits per heavy atom. The summed E-state index contributed by atoms with van der Waals surface area (Å²) < 4.78 is 5.76. The predicted molar refractivity (Wildman–Crippen MR) is 106 cm³/mol. The molecule has 7 heteroatoms. The lowest BCUT2D eigenvalue weighted by Crippen LogP contribution is -2.45. The van der Waals surface area contributed by atoms with E-state index in [0.29, 0.717) is 29.4 Å². The van der Waals surface area contributed by atoms with Crippen LogP contribution in [0, 0.1) is 11.3 Å². The molecule has 3 rings (SSSR count). The molecular formula is C18H35Cl2N3O2. The van der Waals surface area contributed by atoms with Crippen molar-refractivity contribution in [3.8, 4) is 0 Å². The zero-order chi connectivity index (χ0) is 16.3. The first-order valence-electron chi connectivity index (χ1n) is 9.45. The van der Waals surface area contributed by atoms with Crippen LogP contribution in [0.2, 0.25) is 0 Å². The number of carbonyl (C=O) groups excluding carboxylic acids is 1. The van der Waals surface area contributed by atoms with Gasteiger partial charge in [0.2, 0.25) is 5.91 Å². The third-order valence-electron chi connectivity index (χ3n) is 5.80. The molecule has 3 fully saturated rings. The van der Waals surface area contributed by atoms with Crippen LogP contribution in [0.15, 0.2) is 0 Å². The number of nitrogens with zero attached hydrogens (tertiary/aromatic N) is 1. The highest BCUT2D eigenvalue weighted by molar-refractivity contribution is 5.85. The zero-order valence-corrected chi connectivity index (χ0v) is 17.2. The molecule has 1 spiro atoms. The van der Waals surface area contributed by atoms with Gasteiger partial charge in [0, 0.05) is 25.6 Å². The van der Waals surface area contributed by atoms with E-state index in [4.69, 9.17) is 4.74 Å². The molecule has 2 heterocycles. The fraction of sp³-hybridized carbons (Fsp3) is 0.944. The molecule has 1 aliphatic carbocycles. The minimum absolute atomic E-state index is 0. The van der Waals surface area contributed by atoms with Gasteiger partial charge in [0.15, 0.2) is 0 Å². The van der Waals surface area contributed by atoms with E-state index < -0.39 is 0 Å². The van der Waals surface area contributed by atoms with Gasteiger partial charge in [-0.15, -0.1) is 24.8 Å². The van der Waals surface area contributed by atoms with Crippen LogP contribution in [0.5, 0.6) is 0 Å². The molecule has 148 valence electrons. The first-order valence-corrected chi connectivity index (χ1v) is 9.45. The Kier molecular flexibility index (Phi) is 9.47. The highest BCUT2D eigenvalue weighted by Gasteiger charge is 2.57. The lowest BCUT2D eigenvalue weighted by Gasteiger charge is -2.35. The Morgan fingerprint density at radius 1 is 1.16 bits per heavy atom. The molecule has 5 nitrogen and oxygen atoms in total. The summed E-state index contributed by atoms with van der Waals surface area (Å²) in [6.45, 7) is 10.5. The number of amides is 1. The summed E-state index contributed by atoms with van der Waals surface area (Å²) >= 11 is 0. The van der Waals surface area contributed by atoms with Gasteiger partial charge in [-0.1, -0.05) is 0 Å². The number of carbonyl (C=O) groups is 1. The minimum atomic E-state index is 0. The lowest BCUT2D eigenvalue weighted by molar-refractivity contribution is -0.123. The van der Waals surface area contributed by atoms with Crippen molar-refractivity contribution in [1.29, 1.82) is 0 Å². The van der Waals surface area contributed by atoms with E-state index in [1.54, 1.807) is 0 Å². The average Bonchev–Trinajstić information content (AvgIpc) is 3.20. The van der Waals surface area contributed by atoms with Gasteiger partial charge in [-0.25, -0.2) is 0 Å². The molecule has 1 amide bonds. The third-order valence-corrected chi connectivity index (χ3v) is 5.80. The number of morpholine rings is 1. The van der Waals surface area contributed by atoms with E-state index in [1.165, 1.54) is 12.8 Å². The zero-order valence-electron chi connectivity index (χ0n) is 15.6. The average molecular weight is 396 g/mol. The van der Waals surface area contributed by atoms with Crippen LogP contribution >= 0.6 is 24.8 Å². The molecule has 0 aromatic rings. The number of nitrogens with one attached hydrogen (secondary N) is 2. The standard InChI is InChI=1S/C18H33N3O2.2ClH/c1-14-12-21(13-15(2)23-14)10-4-3-7-20-17(22)16-11-18(16)5-8-19-9-6-18;;/h14-16,19H,3-13H2,1-2H3,(H,20,22);2*1H. The maximum atomic E-state index is 12.3. The molecular weight excluding hydrogens is 361 g/mol. The van der Waals surface area contributed by atoms with Gasteiger partial charge in [-0.2, -0.15) is 0 Å². The van der Waals surface area contributed by atoms with Gasteiger partial charge in [0.1, 0.15) is 0 Å². The number of halogens is 2. The van der Waals surface area contributed by atoms with Crippen LogP contribution in [0.4, 0.5) is 0 Å². The number of hydrogen-bond acceptors (Lipinski definition) is 4. The summed E-state index contributed by atoms with van der Waals surface area (Å²) in [6.07, 6.45) is 6.39. The normalized spacial score (nSPS) is 30.9. The Labute approximate surface area is 164 Å². The van der Waals surface area contributed by atoms with E-state index >= 15 is 0 Å². The summed E-state index contributed by atoms with van der Waals surface area (Å²) in [6, 6.07) is 0. The maximum Gasteiger partial charge on any atom is 0.223 e. The van der Waals surface area contributed by atoms with Crippen LogP contribution in [-0.4, -0.2) is 62.3 Å². The SMILES string of the molecule is CC1CN(CCCCNC(=O)C2CC23CCNCC3)CC(C)O1.Cl.Cl.